The van der Waals surface area contributed by atoms with Crippen LogP contribution in [0.2, 0.25) is 0 Å². The molecule has 0 spiro atoms. The number of benzene rings is 3. The molecule has 0 saturated heterocycles. The van der Waals surface area contributed by atoms with Crippen LogP contribution in [0.15, 0.2) is 78.9 Å². The van der Waals surface area contributed by atoms with E-state index in [9.17, 15) is 22.8 Å². The second-order valence-corrected chi connectivity index (χ2v) is 9.73. The molecule has 0 aliphatic rings. The minimum atomic E-state index is -4.40. The van der Waals surface area contributed by atoms with Crippen molar-refractivity contribution >= 4 is 33.8 Å². The van der Waals surface area contributed by atoms with Crippen LogP contribution in [0.25, 0.3) is 11.3 Å². The molecule has 37 heavy (non-hydrogen) atoms. The van der Waals surface area contributed by atoms with Gasteiger partial charge in [-0.1, -0.05) is 48.5 Å². The normalized spacial score (nSPS) is 12.1. The van der Waals surface area contributed by atoms with Crippen LogP contribution in [0.1, 0.15) is 33.3 Å². The Bertz CT molecular complexity index is 1400. The highest BCUT2D eigenvalue weighted by atomic mass is 32.1. The summed E-state index contributed by atoms with van der Waals surface area (Å²) in [5.41, 5.74) is 2.38. The summed E-state index contributed by atoms with van der Waals surface area (Å²) in [6, 6.07) is 20.5. The van der Waals surface area contributed by atoms with Gasteiger partial charge < -0.3 is 10.6 Å². The number of nitrogens with one attached hydrogen (secondary N) is 2. The number of carbonyl (C=O) groups is 2. The van der Waals surface area contributed by atoms with E-state index in [0.717, 1.165) is 22.6 Å². The molecule has 9 heteroatoms. The molecule has 0 unspecified atom stereocenters. The number of rotatable bonds is 8. The monoisotopic (exact) mass is 523 g/mol. The number of Topliss-reactive ketones (excluding diaryl/α,β-unsaturated/α-hetero) is 1. The first-order chi connectivity index (χ1) is 17.6. The average molecular weight is 524 g/mol. The van der Waals surface area contributed by atoms with Crippen LogP contribution >= 0.6 is 11.3 Å². The van der Waals surface area contributed by atoms with Gasteiger partial charge in [-0.3, -0.25) is 9.59 Å². The predicted octanol–water partition coefficient (Wildman–Crippen LogP) is 6.81. The van der Waals surface area contributed by atoms with Gasteiger partial charge in [0.15, 0.2) is 10.9 Å². The van der Waals surface area contributed by atoms with Crippen LogP contribution < -0.4 is 10.6 Å². The number of aryl methyl sites for hydroxylation is 1. The molecule has 190 valence electrons. The maximum Gasteiger partial charge on any atom is 0.416 e. The van der Waals surface area contributed by atoms with E-state index in [1.807, 2.05) is 37.3 Å². The zero-order valence-electron chi connectivity index (χ0n) is 20.1. The van der Waals surface area contributed by atoms with Gasteiger partial charge in [0.05, 0.1) is 17.3 Å². The summed E-state index contributed by atoms with van der Waals surface area (Å²) in [4.78, 5) is 30.4. The van der Waals surface area contributed by atoms with Crippen molar-refractivity contribution in [1.29, 1.82) is 0 Å². The average Bonchev–Trinajstić information content (AvgIpc) is 3.23. The molecule has 1 heterocycles. The molecule has 1 aromatic heterocycles. The fourth-order valence-corrected chi connectivity index (χ4v) is 4.64. The molecule has 0 radical (unpaired) electrons. The van der Waals surface area contributed by atoms with E-state index >= 15 is 0 Å². The standard InChI is InChI=1S/C28H24F3N3O2S/c1-17(35)24(15-19-7-4-3-5-8-19)33-26(36)21-9-6-10-23(16-21)32-27-34-25(18(2)37-27)20-11-13-22(14-12-20)28(29,30)31/h3-14,16,24H,15H2,1-2H3,(H,32,34)(H,33,36)/t24-/m0/s1. The van der Waals surface area contributed by atoms with Gasteiger partial charge in [0.2, 0.25) is 0 Å². The Morgan fingerprint density at radius 3 is 2.32 bits per heavy atom. The predicted molar refractivity (Wildman–Crippen MR) is 139 cm³/mol. The molecule has 0 aliphatic carbocycles. The Hall–Kier alpha value is -3.98. The molecular weight excluding hydrogens is 499 g/mol. The second-order valence-electron chi connectivity index (χ2n) is 8.53. The molecule has 0 bridgehead atoms. The number of anilines is 2. The van der Waals surface area contributed by atoms with Gasteiger partial charge in [0.25, 0.3) is 5.91 Å². The Morgan fingerprint density at radius 1 is 0.973 bits per heavy atom. The van der Waals surface area contributed by atoms with Crippen LogP contribution in [0.4, 0.5) is 24.0 Å². The van der Waals surface area contributed by atoms with Gasteiger partial charge in [0.1, 0.15) is 0 Å². The summed E-state index contributed by atoms with van der Waals surface area (Å²) < 4.78 is 38.6. The van der Waals surface area contributed by atoms with Gasteiger partial charge >= 0.3 is 6.18 Å². The van der Waals surface area contributed by atoms with E-state index in [4.69, 9.17) is 0 Å². The third-order valence-electron chi connectivity index (χ3n) is 5.74. The summed E-state index contributed by atoms with van der Waals surface area (Å²) >= 11 is 1.35. The molecule has 0 aliphatic heterocycles. The van der Waals surface area contributed by atoms with E-state index in [2.05, 4.69) is 15.6 Å². The Balaban J connectivity index is 1.47. The first-order valence-corrected chi connectivity index (χ1v) is 12.3. The Kier molecular flexibility index (Phi) is 7.73. The van der Waals surface area contributed by atoms with Crippen molar-refractivity contribution in [2.75, 3.05) is 5.32 Å². The molecule has 4 aromatic rings. The molecule has 0 saturated carbocycles. The van der Waals surface area contributed by atoms with Crippen LogP contribution in [0, 0.1) is 6.92 Å². The number of hydrogen-bond acceptors (Lipinski definition) is 5. The van der Waals surface area contributed by atoms with Crippen molar-refractivity contribution < 1.29 is 22.8 Å². The lowest BCUT2D eigenvalue weighted by Crippen LogP contribution is -2.41. The fourth-order valence-electron chi connectivity index (χ4n) is 3.78. The van der Waals surface area contributed by atoms with Gasteiger partial charge in [-0.05, 0) is 56.2 Å². The van der Waals surface area contributed by atoms with Crippen molar-refractivity contribution in [3.05, 3.63) is 100 Å². The number of aromatic nitrogens is 1. The van der Waals surface area contributed by atoms with Crippen molar-refractivity contribution in [2.45, 2.75) is 32.5 Å². The summed E-state index contributed by atoms with van der Waals surface area (Å²) in [5, 5.41) is 6.51. The largest absolute Gasteiger partial charge is 0.416 e. The second kappa shape index (κ2) is 11.0. The van der Waals surface area contributed by atoms with Crippen molar-refractivity contribution in [1.82, 2.24) is 10.3 Å². The lowest BCUT2D eigenvalue weighted by molar-refractivity contribution is -0.137. The third-order valence-corrected chi connectivity index (χ3v) is 6.62. The maximum absolute atomic E-state index is 12.9. The quantitative estimate of drug-likeness (QED) is 0.266. The number of ketones is 1. The lowest BCUT2D eigenvalue weighted by Gasteiger charge is -2.16. The number of halogens is 3. The molecule has 1 atom stereocenters. The lowest BCUT2D eigenvalue weighted by atomic mass is 10.0. The van der Waals surface area contributed by atoms with Crippen molar-refractivity contribution in [3.63, 3.8) is 0 Å². The summed E-state index contributed by atoms with van der Waals surface area (Å²) in [5.74, 6) is -0.513. The summed E-state index contributed by atoms with van der Waals surface area (Å²) in [6.07, 6.45) is -4.00. The SMILES string of the molecule is CC(=O)[C@H](Cc1ccccc1)NC(=O)c1cccc(Nc2nc(-c3ccc(C(F)(F)F)cc3)c(C)s2)c1. The number of amides is 1. The van der Waals surface area contributed by atoms with Crippen molar-refractivity contribution in [2.24, 2.45) is 0 Å². The van der Waals surface area contributed by atoms with Gasteiger partial charge in [-0.15, -0.1) is 11.3 Å². The number of alkyl halides is 3. The molecule has 4 rings (SSSR count). The first kappa shape index (κ1) is 26.1. The van der Waals surface area contributed by atoms with E-state index in [1.165, 1.54) is 30.4 Å². The van der Waals surface area contributed by atoms with E-state index in [0.29, 0.717) is 34.1 Å². The number of hydrogen-bond donors (Lipinski definition) is 2. The molecular formula is C28H24F3N3O2S. The van der Waals surface area contributed by atoms with E-state index in [-0.39, 0.29) is 11.7 Å². The fraction of sp³-hybridized carbons (Fsp3) is 0.179. The van der Waals surface area contributed by atoms with Gasteiger partial charge in [0, 0.05) is 21.7 Å². The number of carbonyl (C=O) groups excluding carboxylic acids is 2. The summed E-state index contributed by atoms with van der Waals surface area (Å²) in [6.45, 7) is 3.29. The number of nitrogens with zero attached hydrogens (tertiary/aromatic N) is 1. The topological polar surface area (TPSA) is 71.1 Å². The highest BCUT2D eigenvalue weighted by Gasteiger charge is 2.30. The van der Waals surface area contributed by atoms with Crippen LogP contribution in [-0.4, -0.2) is 22.7 Å². The molecule has 5 nitrogen and oxygen atoms in total. The van der Waals surface area contributed by atoms with Crippen LogP contribution in [0.5, 0.6) is 0 Å². The van der Waals surface area contributed by atoms with Crippen molar-refractivity contribution in [3.8, 4) is 11.3 Å². The zero-order chi connectivity index (χ0) is 26.6. The third kappa shape index (κ3) is 6.62. The van der Waals surface area contributed by atoms with Crippen LogP contribution in [-0.2, 0) is 17.4 Å². The van der Waals surface area contributed by atoms with Gasteiger partial charge in [-0.25, -0.2) is 4.98 Å². The maximum atomic E-state index is 12.9. The molecule has 3 aromatic carbocycles. The highest BCUT2D eigenvalue weighted by Crippen LogP contribution is 2.34. The number of thiazole rings is 1. The van der Waals surface area contributed by atoms with E-state index < -0.39 is 17.8 Å². The highest BCUT2D eigenvalue weighted by molar-refractivity contribution is 7.16. The molecule has 2 N–H and O–H groups in total. The van der Waals surface area contributed by atoms with Gasteiger partial charge in [-0.2, -0.15) is 13.2 Å². The molecule has 1 amide bonds. The van der Waals surface area contributed by atoms with Crippen LogP contribution in [0.3, 0.4) is 0 Å². The first-order valence-electron chi connectivity index (χ1n) is 11.5. The minimum Gasteiger partial charge on any atom is -0.342 e. The smallest absolute Gasteiger partial charge is 0.342 e. The Labute approximate surface area is 216 Å². The van der Waals surface area contributed by atoms with E-state index in [1.54, 1.807) is 24.3 Å². The summed E-state index contributed by atoms with van der Waals surface area (Å²) in [7, 11) is 0. The Morgan fingerprint density at radius 2 is 1.68 bits per heavy atom. The minimum absolute atomic E-state index is 0.138. The zero-order valence-corrected chi connectivity index (χ0v) is 20.9. The molecule has 0 fully saturated rings.